The van der Waals surface area contributed by atoms with Crippen molar-refractivity contribution >= 4 is 38.9 Å². The summed E-state index contributed by atoms with van der Waals surface area (Å²) >= 11 is 3.41. The van der Waals surface area contributed by atoms with Crippen LogP contribution in [-0.2, 0) is 0 Å². The summed E-state index contributed by atoms with van der Waals surface area (Å²) in [6.45, 7) is 4.02. The highest BCUT2D eigenvalue weighted by atomic mass is 79.9. The molecule has 0 bridgehead atoms. The van der Waals surface area contributed by atoms with Gasteiger partial charge in [0.25, 0.3) is 0 Å². The smallest absolute Gasteiger partial charge is 0.227 e. The fraction of sp³-hybridized carbons (Fsp3) is 0.0909. The van der Waals surface area contributed by atoms with Crippen molar-refractivity contribution in [1.29, 1.82) is 0 Å². The van der Waals surface area contributed by atoms with Crippen LogP contribution in [0, 0.1) is 13.8 Å². The lowest BCUT2D eigenvalue weighted by molar-refractivity contribution is 0.474. The highest BCUT2D eigenvalue weighted by Gasteiger charge is 2.10. The number of hydrogen-bond acceptors (Lipinski definition) is 4. The van der Waals surface area contributed by atoms with Crippen molar-refractivity contribution in [2.75, 3.05) is 0 Å². The van der Waals surface area contributed by atoms with E-state index in [1.54, 1.807) is 18.3 Å². The molecule has 3 aromatic carbocycles. The van der Waals surface area contributed by atoms with Gasteiger partial charge >= 0.3 is 0 Å². The number of hydrogen-bond donors (Lipinski definition) is 1. The Morgan fingerprint density at radius 1 is 1.04 bits per heavy atom. The maximum atomic E-state index is 9.98. The van der Waals surface area contributed by atoms with Crippen molar-refractivity contribution in [3.8, 4) is 17.2 Å². The van der Waals surface area contributed by atoms with Gasteiger partial charge in [-0.2, -0.15) is 0 Å². The number of benzene rings is 3. The molecule has 1 aromatic heterocycles. The number of halogens is 1. The second kappa shape index (κ2) is 7.00. The number of nitrogens with zero attached hydrogens (tertiary/aromatic N) is 2. The molecular weight excluding hydrogens is 404 g/mol. The van der Waals surface area contributed by atoms with Crippen LogP contribution in [0.2, 0.25) is 0 Å². The molecule has 0 fully saturated rings. The Bertz CT molecular complexity index is 1180. The summed E-state index contributed by atoms with van der Waals surface area (Å²) in [7, 11) is 0. The number of aromatic nitrogens is 1. The molecule has 0 aliphatic carbocycles. The van der Waals surface area contributed by atoms with Gasteiger partial charge in [-0.05, 0) is 67.4 Å². The number of aromatic hydroxyl groups is 1. The second-order valence-corrected chi connectivity index (χ2v) is 7.37. The van der Waals surface area contributed by atoms with Crippen LogP contribution in [0.1, 0.15) is 16.7 Å². The molecule has 0 saturated carbocycles. The van der Waals surface area contributed by atoms with Gasteiger partial charge in [-0.25, -0.2) is 4.98 Å². The van der Waals surface area contributed by atoms with Crippen molar-refractivity contribution in [2.45, 2.75) is 13.8 Å². The van der Waals surface area contributed by atoms with Crippen LogP contribution >= 0.6 is 15.9 Å². The summed E-state index contributed by atoms with van der Waals surface area (Å²) in [6, 6.07) is 17.1. The first-order chi connectivity index (χ1) is 13.0. The lowest BCUT2D eigenvalue weighted by Crippen LogP contribution is -1.84. The van der Waals surface area contributed by atoms with E-state index in [1.807, 2.05) is 56.3 Å². The highest BCUT2D eigenvalue weighted by molar-refractivity contribution is 9.10. The third-order valence-corrected chi connectivity index (χ3v) is 4.82. The number of oxazole rings is 1. The summed E-state index contributed by atoms with van der Waals surface area (Å²) in [6.07, 6.45) is 1.65. The zero-order chi connectivity index (χ0) is 19.0. The highest BCUT2D eigenvalue weighted by Crippen LogP contribution is 2.30. The lowest BCUT2D eigenvalue weighted by atomic mass is 10.1. The van der Waals surface area contributed by atoms with E-state index < -0.39 is 0 Å². The van der Waals surface area contributed by atoms with Gasteiger partial charge in [-0.1, -0.05) is 28.1 Å². The molecule has 1 heterocycles. The molecule has 0 aliphatic rings. The molecule has 27 heavy (non-hydrogen) atoms. The number of phenolic OH excluding ortho intramolecular Hbond substituents is 1. The quantitative estimate of drug-likeness (QED) is 0.393. The van der Waals surface area contributed by atoms with Gasteiger partial charge in [0, 0.05) is 21.8 Å². The van der Waals surface area contributed by atoms with E-state index in [9.17, 15) is 5.11 Å². The molecular formula is C22H17BrN2O2. The predicted octanol–water partition coefficient (Wildman–Crippen LogP) is 6.33. The number of phenols is 1. The SMILES string of the molecule is Cc1ccc2oc(-c3ccc(C)c(N=Cc4cc(Br)ccc4O)c3)nc2c1. The molecule has 4 nitrogen and oxygen atoms in total. The first-order valence-electron chi connectivity index (χ1n) is 8.50. The van der Waals surface area contributed by atoms with Gasteiger partial charge in [0.05, 0.1) is 5.69 Å². The van der Waals surface area contributed by atoms with E-state index in [1.165, 1.54) is 0 Å². The first-order valence-corrected chi connectivity index (χ1v) is 9.30. The standard InChI is InChI=1S/C22H17BrN2O2/c1-13-3-8-21-19(9-13)25-22(27-21)15-5-4-14(2)18(11-15)24-12-16-10-17(23)6-7-20(16)26/h3-12,26H,1-2H3. The van der Waals surface area contributed by atoms with E-state index in [2.05, 4.69) is 25.9 Å². The minimum Gasteiger partial charge on any atom is -0.507 e. The number of aryl methyl sites for hydroxylation is 2. The fourth-order valence-corrected chi connectivity index (χ4v) is 3.19. The van der Waals surface area contributed by atoms with E-state index in [-0.39, 0.29) is 5.75 Å². The predicted molar refractivity (Wildman–Crippen MR) is 112 cm³/mol. The van der Waals surface area contributed by atoms with E-state index in [0.717, 1.165) is 38.0 Å². The molecule has 4 rings (SSSR count). The van der Waals surface area contributed by atoms with Crippen LogP contribution in [0.3, 0.4) is 0 Å². The molecule has 134 valence electrons. The van der Waals surface area contributed by atoms with Crippen molar-refractivity contribution in [1.82, 2.24) is 4.98 Å². The largest absolute Gasteiger partial charge is 0.507 e. The summed E-state index contributed by atoms with van der Waals surface area (Å²) in [5.74, 6) is 0.752. The molecule has 0 radical (unpaired) electrons. The molecule has 0 saturated heterocycles. The van der Waals surface area contributed by atoms with Crippen molar-refractivity contribution in [2.24, 2.45) is 4.99 Å². The molecule has 0 atom stereocenters. The zero-order valence-electron chi connectivity index (χ0n) is 14.9. The monoisotopic (exact) mass is 420 g/mol. The van der Waals surface area contributed by atoms with Crippen LogP contribution < -0.4 is 0 Å². The second-order valence-electron chi connectivity index (χ2n) is 6.45. The average Bonchev–Trinajstić information content (AvgIpc) is 3.06. The Kier molecular flexibility index (Phi) is 4.54. The number of fused-ring (bicyclic) bond motifs is 1. The van der Waals surface area contributed by atoms with Crippen LogP contribution in [0.5, 0.6) is 5.75 Å². The molecule has 0 unspecified atom stereocenters. The topological polar surface area (TPSA) is 58.6 Å². The molecule has 0 spiro atoms. The Morgan fingerprint density at radius 2 is 1.89 bits per heavy atom. The Balaban J connectivity index is 1.72. The summed E-state index contributed by atoms with van der Waals surface area (Å²) < 4.78 is 6.78. The van der Waals surface area contributed by atoms with Gasteiger partial charge in [0.15, 0.2) is 5.58 Å². The first kappa shape index (κ1) is 17.5. The molecule has 4 aromatic rings. The van der Waals surface area contributed by atoms with Crippen molar-refractivity contribution < 1.29 is 9.52 Å². The summed E-state index contributed by atoms with van der Waals surface area (Å²) in [4.78, 5) is 9.15. The van der Waals surface area contributed by atoms with Crippen LogP contribution in [0.25, 0.3) is 22.6 Å². The molecule has 5 heteroatoms. The number of rotatable bonds is 3. The zero-order valence-corrected chi connectivity index (χ0v) is 16.5. The van der Waals surface area contributed by atoms with Crippen LogP contribution in [-0.4, -0.2) is 16.3 Å². The van der Waals surface area contributed by atoms with Crippen LogP contribution in [0.4, 0.5) is 5.69 Å². The van der Waals surface area contributed by atoms with Crippen LogP contribution in [0.15, 0.2) is 68.5 Å². The summed E-state index contributed by atoms with van der Waals surface area (Å²) in [5, 5.41) is 9.98. The average molecular weight is 421 g/mol. The van der Waals surface area contributed by atoms with Gasteiger partial charge < -0.3 is 9.52 Å². The minimum atomic E-state index is 0.185. The van der Waals surface area contributed by atoms with Gasteiger partial charge in [-0.15, -0.1) is 0 Å². The van der Waals surface area contributed by atoms with E-state index >= 15 is 0 Å². The third-order valence-electron chi connectivity index (χ3n) is 4.33. The maximum absolute atomic E-state index is 9.98. The normalized spacial score (nSPS) is 11.5. The fourth-order valence-electron chi connectivity index (χ4n) is 2.81. The van der Waals surface area contributed by atoms with E-state index in [0.29, 0.717) is 11.5 Å². The molecule has 1 N–H and O–H groups in total. The maximum Gasteiger partial charge on any atom is 0.227 e. The minimum absolute atomic E-state index is 0.185. The molecule has 0 aliphatic heterocycles. The van der Waals surface area contributed by atoms with Gasteiger partial charge in [0.2, 0.25) is 5.89 Å². The molecule has 0 amide bonds. The number of aliphatic imine (C=N–C) groups is 1. The summed E-state index contributed by atoms with van der Waals surface area (Å²) in [5.41, 5.74) is 6.08. The Morgan fingerprint density at radius 3 is 2.74 bits per heavy atom. The van der Waals surface area contributed by atoms with E-state index in [4.69, 9.17) is 4.42 Å². The van der Waals surface area contributed by atoms with Gasteiger partial charge in [-0.3, -0.25) is 4.99 Å². The Hall–Kier alpha value is -2.92. The Labute approximate surface area is 165 Å². The third kappa shape index (κ3) is 3.64. The van der Waals surface area contributed by atoms with Gasteiger partial charge in [0.1, 0.15) is 11.3 Å². The lowest BCUT2D eigenvalue weighted by Gasteiger charge is -2.03. The van der Waals surface area contributed by atoms with Crippen molar-refractivity contribution in [3.63, 3.8) is 0 Å². The van der Waals surface area contributed by atoms with Crippen molar-refractivity contribution in [3.05, 3.63) is 75.8 Å².